The van der Waals surface area contributed by atoms with Gasteiger partial charge in [-0.3, -0.25) is 4.57 Å². The highest BCUT2D eigenvalue weighted by Crippen LogP contribution is 2.46. The summed E-state index contributed by atoms with van der Waals surface area (Å²) in [4.78, 5) is 38.6. The van der Waals surface area contributed by atoms with Gasteiger partial charge >= 0.3 is 11.8 Å². The molecular formula is C28H37BrClN5O4S. The van der Waals surface area contributed by atoms with Crippen molar-refractivity contribution in [2.24, 2.45) is 5.41 Å². The summed E-state index contributed by atoms with van der Waals surface area (Å²) < 4.78 is 13.8. The molecule has 2 aromatic rings. The van der Waals surface area contributed by atoms with E-state index in [-0.39, 0.29) is 23.9 Å². The fourth-order valence-corrected chi connectivity index (χ4v) is 8.43. The second-order valence-electron chi connectivity index (χ2n) is 12.7. The number of amides is 1. The van der Waals surface area contributed by atoms with Crippen LogP contribution in [0.25, 0.3) is 10.9 Å². The molecule has 40 heavy (non-hydrogen) atoms. The van der Waals surface area contributed by atoms with E-state index < -0.39 is 5.60 Å². The van der Waals surface area contributed by atoms with Crippen LogP contribution >= 0.6 is 39.3 Å². The first kappa shape index (κ1) is 28.6. The van der Waals surface area contributed by atoms with E-state index in [1.807, 2.05) is 31.4 Å². The van der Waals surface area contributed by atoms with Crippen LogP contribution in [0.1, 0.15) is 46.6 Å². The molecule has 1 amide bonds. The summed E-state index contributed by atoms with van der Waals surface area (Å²) in [6.45, 7) is 13.8. The van der Waals surface area contributed by atoms with E-state index in [4.69, 9.17) is 26.1 Å². The van der Waals surface area contributed by atoms with Crippen LogP contribution in [-0.4, -0.2) is 95.3 Å². The van der Waals surface area contributed by atoms with Crippen LogP contribution in [0.5, 0.6) is 0 Å². The van der Waals surface area contributed by atoms with Crippen molar-refractivity contribution in [1.82, 2.24) is 19.4 Å². The number of thioether (sulfide) groups is 1. The molecule has 12 heteroatoms. The number of piperazine rings is 1. The number of benzene rings is 1. The van der Waals surface area contributed by atoms with Crippen molar-refractivity contribution in [2.45, 2.75) is 63.1 Å². The third-order valence-electron chi connectivity index (χ3n) is 8.58. The Kier molecular flexibility index (Phi) is 7.60. The van der Waals surface area contributed by atoms with Crippen LogP contribution in [0.3, 0.4) is 0 Å². The first-order valence-corrected chi connectivity index (χ1v) is 16.2. The number of hydrogen-bond donors (Lipinski definition) is 0. The number of halogens is 2. The third-order valence-corrected chi connectivity index (χ3v) is 11.4. The Morgan fingerprint density at radius 2 is 1.98 bits per heavy atom. The third kappa shape index (κ3) is 5.25. The van der Waals surface area contributed by atoms with Gasteiger partial charge in [0.15, 0.2) is 0 Å². The number of carbonyl (C=O) groups is 1. The number of likely N-dealkylation sites (tertiary alicyclic amines) is 1. The van der Waals surface area contributed by atoms with Gasteiger partial charge in [-0.25, -0.2) is 9.59 Å². The molecule has 1 aromatic carbocycles. The van der Waals surface area contributed by atoms with Gasteiger partial charge in [0.25, 0.3) is 0 Å². The minimum absolute atomic E-state index is 0.0234. The number of carbonyl (C=O) groups excluding carboxylic acids is 1. The molecule has 3 fully saturated rings. The number of ether oxygens (including phenoxy) is 2. The fourth-order valence-electron chi connectivity index (χ4n) is 6.33. The monoisotopic (exact) mass is 653 g/mol. The highest BCUT2D eigenvalue weighted by atomic mass is 79.9. The van der Waals surface area contributed by atoms with E-state index in [2.05, 4.69) is 32.7 Å². The number of aromatic nitrogens is 2. The van der Waals surface area contributed by atoms with Gasteiger partial charge in [0.1, 0.15) is 11.4 Å². The Bertz CT molecular complexity index is 1380. The summed E-state index contributed by atoms with van der Waals surface area (Å²) in [6.07, 6.45) is 1.99. The SMILES string of the molecule is CC1CN(C(=O)OC(C)(C)C)CCN1c1nc(=O)n2c3c(c(Br)c(Cl)cc13)SC[C@@H]2CN1CCC2(CC1)COC2. The summed E-state index contributed by atoms with van der Waals surface area (Å²) in [5.41, 5.74) is 0.494. The molecule has 5 heterocycles. The fraction of sp³-hybridized carbons (Fsp3) is 0.679. The second-order valence-corrected chi connectivity index (χ2v) is 14.9. The zero-order valence-corrected chi connectivity index (χ0v) is 26.7. The predicted molar refractivity (Wildman–Crippen MR) is 162 cm³/mol. The smallest absolute Gasteiger partial charge is 0.410 e. The zero-order chi connectivity index (χ0) is 28.4. The van der Waals surface area contributed by atoms with Crippen molar-refractivity contribution >= 4 is 62.1 Å². The average molecular weight is 655 g/mol. The lowest BCUT2D eigenvalue weighted by Gasteiger charge is -2.48. The minimum atomic E-state index is -0.552. The highest BCUT2D eigenvalue weighted by molar-refractivity contribution is 9.10. The van der Waals surface area contributed by atoms with Crippen molar-refractivity contribution < 1.29 is 14.3 Å². The molecule has 9 nitrogen and oxygen atoms in total. The summed E-state index contributed by atoms with van der Waals surface area (Å²) in [6, 6.07) is 1.90. The molecule has 0 radical (unpaired) electrons. The van der Waals surface area contributed by atoms with E-state index in [0.29, 0.717) is 35.9 Å². The zero-order valence-electron chi connectivity index (χ0n) is 23.5. The summed E-state index contributed by atoms with van der Waals surface area (Å²) in [5, 5.41) is 1.48. The van der Waals surface area contributed by atoms with Crippen molar-refractivity contribution in [1.29, 1.82) is 0 Å². The Balaban J connectivity index is 1.30. The maximum Gasteiger partial charge on any atom is 0.410 e. The Labute approximate surface area is 252 Å². The van der Waals surface area contributed by atoms with Gasteiger partial charge in [-0.05, 0) is 75.6 Å². The Morgan fingerprint density at radius 3 is 2.60 bits per heavy atom. The normalized spacial score (nSPS) is 24.9. The lowest BCUT2D eigenvalue weighted by molar-refractivity contribution is -0.140. The van der Waals surface area contributed by atoms with Gasteiger partial charge in [0.2, 0.25) is 0 Å². The van der Waals surface area contributed by atoms with E-state index in [1.165, 1.54) is 0 Å². The van der Waals surface area contributed by atoms with E-state index in [9.17, 15) is 9.59 Å². The summed E-state index contributed by atoms with van der Waals surface area (Å²) >= 11 is 12.2. The van der Waals surface area contributed by atoms with Crippen molar-refractivity contribution in [3.8, 4) is 0 Å². The summed E-state index contributed by atoms with van der Waals surface area (Å²) in [5.74, 6) is 1.42. The lowest BCUT2D eigenvalue weighted by atomic mass is 9.77. The molecule has 0 bridgehead atoms. The van der Waals surface area contributed by atoms with Crippen LogP contribution in [-0.2, 0) is 9.47 Å². The number of anilines is 1. The molecule has 2 atom stereocenters. The van der Waals surface area contributed by atoms with Gasteiger partial charge in [0, 0.05) is 53.7 Å². The topological polar surface area (TPSA) is 80.1 Å². The molecule has 4 aliphatic rings. The predicted octanol–water partition coefficient (Wildman–Crippen LogP) is 5.02. The molecule has 3 saturated heterocycles. The van der Waals surface area contributed by atoms with Crippen LogP contribution in [0.15, 0.2) is 20.2 Å². The average Bonchev–Trinajstić information content (AvgIpc) is 2.87. The van der Waals surface area contributed by atoms with Gasteiger partial charge in [-0.15, -0.1) is 11.8 Å². The van der Waals surface area contributed by atoms with E-state index in [0.717, 1.165) is 71.7 Å². The van der Waals surface area contributed by atoms with Crippen LogP contribution in [0.2, 0.25) is 5.02 Å². The molecule has 218 valence electrons. The van der Waals surface area contributed by atoms with Crippen molar-refractivity contribution in [3.05, 3.63) is 26.0 Å². The maximum absolute atomic E-state index is 13.8. The van der Waals surface area contributed by atoms with Crippen molar-refractivity contribution in [3.63, 3.8) is 0 Å². The number of hydrogen-bond acceptors (Lipinski definition) is 8. The van der Waals surface area contributed by atoms with Gasteiger partial charge in [0.05, 0.1) is 34.3 Å². The standard InChI is InChI=1S/C28H37BrClN5O4S/c1-17-12-33(26(37)39-27(2,3)4)9-10-34(17)24-19-11-20(30)21(29)23-22(19)35(25(36)31-24)18(14-40-23)13-32-7-5-28(6-8-32)15-38-16-28/h11,17-18H,5-10,12-16H2,1-4H3/t17?,18-/m0/s1. The second kappa shape index (κ2) is 10.6. The largest absolute Gasteiger partial charge is 0.444 e. The van der Waals surface area contributed by atoms with Crippen molar-refractivity contribution in [2.75, 3.05) is 63.1 Å². The summed E-state index contributed by atoms with van der Waals surface area (Å²) in [7, 11) is 0. The van der Waals surface area contributed by atoms with Crippen LogP contribution in [0, 0.1) is 5.41 Å². The quantitative estimate of drug-likeness (QED) is 0.457. The molecular weight excluding hydrogens is 618 g/mol. The number of piperidine rings is 1. The Hall–Kier alpha value is -1.53. The first-order chi connectivity index (χ1) is 18.9. The number of rotatable bonds is 3. The molecule has 0 N–H and O–H groups in total. The van der Waals surface area contributed by atoms with Crippen LogP contribution < -0.4 is 10.6 Å². The molecule has 6 rings (SSSR count). The van der Waals surface area contributed by atoms with Gasteiger partial charge in [-0.1, -0.05) is 11.6 Å². The molecule has 4 aliphatic heterocycles. The molecule has 0 saturated carbocycles. The van der Waals surface area contributed by atoms with Gasteiger partial charge < -0.3 is 24.2 Å². The molecule has 1 unspecified atom stereocenters. The minimum Gasteiger partial charge on any atom is -0.444 e. The molecule has 1 aromatic heterocycles. The van der Waals surface area contributed by atoms with E-state index >= 15 is 0 Å². The number of nitrogens with zero attached hydrogens (tertiary/aromatic N) is 5. The van der Waals surface area contributed by atoms with Crippen LogP contribution in [0.4, 0.5) is 10.6 Å². The maximum atomic E-state index is 13.8. The Morgan fingerprint density at radius 1 is 1.25 bits per heavy atom. The first-order valence-electron chi connectivity index (χ1n) is 14.1. The molecule has 1 spiro atoms. The van der Waals surface area contributed by atoms with Gasteiger partial charge in [-0.2, -0.15) is 4.98 Å². The van der Waals surface area contributed by atoms with E-state index in [1.54, 1.807) is 16.7 Å². The lowest BCUT2D eigenvalue weighted by Crippen LogP contribution is -2.55. The highest BCUT2D eigenvalue weighted by Gasteiger charge is 2.42. The molecule has 0 aliphatic carbocycles.